The van der Waals surface area contributed by atoms with Crippen LogP contribution in [0, 0.1) is 4.77 Å². The molecule has 9 heteroatoms. The number of hydrogen-bond acceptors (Lipinski definition) is 4. The maximum Gasteiger partial charge on any atom is 0.244 e. The maximum absolute atomic E-state index is 12.8. The quantitative estimate of drug-likeness (QED) is 0.322. The van der Waals surface area contributed by atoms with E-state index in [1.165, 1.54) is 0 Å². The van der Waals surface area contributed by atoms with Gasteiger partial charge in [0.25, 0.3) is 0 Å². The number of carbonyl (C=O) groups excluding carboxylic acids is 1. The minimum atomic E-state index is -0.178. The summed E-state index contributed by atoms with van der Waals surface area (Å²) in [7, 11) is 0. The summed E-state index contributed by atoms with van der Waals surface area (Å²) in [6.07, 6.45) is 2.10. The minimum absolute atomic E-state index is 0.0518. The summed E-state index contributed by atoms with van der Waals surface area (Å²) in [5, 5.41) is 11.8. The molecule has 7 nitrogen and oxygen atoms in total. The number of aromatic nitrogens is 4. The number of aromatic amines is 1. The Hall–Kier alpha value is -2.94. The molecule has 0 atom stereocenters. The van der Waals surface area contributed by atoms with Gasteiger partial charge in [0.2, 0.25) is 5.91 Å². The van der Waals surface area contributed by atoms with Crippen LogP contribution in [0.4, 0.5) is 5.69 Å². The van der Waals surface area contributed by atoms with Gasteiger partial charge in [-0.1, -0.05) is 25.4 Å². The molecule has 172 valence electrons. The third-order valence-corrected chi connectivity index (χ3v) is 6.33. The van der Waals surface area contributed by atoms with Crippen LogP contribution in [-0.2, 0) is 17.9 Å². The van der Waals surface area contributed by atoms with Crippen LogP contribution in [0.1, 0.15) is 13.8 Å². The summed E-state index contributed by atoms with van der Waals surface area (Å²) in [6.45, 7) is 8.46. The van der Waals surface area contributed by atoms with Crippen LogP contribution in [-0.4, -0.2) is 49.8 Å². The lowest BCUT2D eigenvalue weighted by Gasteiger charge is -2.18. The third-order valence-electron chi connectivity index (χ3n) is 5.77. The van der Waals surface area contributed by atoms with E-state index in [2.05, 4.69) is 57.2 Å². The molecule has 0 aliphatic heterocycles. The van der Waals surface area contributed by atoms with Crippen LogP contribution in [0.15, 0.2) is 54.7 Å². The average molecular weight is 483 g/mol. The van der Waals surface area contributed by atoms with E-state index in [-0.39, 0.29) is 12.5 Å². The first-order valence-corrected chi connectivity index (χ1v) is 11.8. The van der Waals surface area contributed by atoms with Crippen molar-refractivity contribution in [3.05, 3.63) is 64.5 Å². The Labute approximate surface area is 203 Å². The molecule has 4 rings (SSSR count). The average Bonchev–Trinajstić information content (AvgIpc) is 3.38. The smallest absolute Gasteiger partial charge is 0.244 e. The summed E-state index contributed by atoms with van der Waals surface area (Å²) >= 11 is 11.3. The van der Waals surface area contributed by atoms with Crippen molar-refractivity contribution in [2.24, 2.45) is 0 Å². The molecule has 0 spiro atoms. The van der Waals surface area contributed by atoms with Gasteiger partial charge in [-0.2, -0.15) is 5.10 Å². The summed E-state index contributed by atoms with van der Waals surface area (Å²) in [4.78, 5) is 15.2. The highest BCUT2D eigenvalue weighted by molar-refractivity contribution is 7.71. The van der Waals surface area contributed by atoms with Gasteiger partial charge in [-0.05, 0) is 73.8 Å². The highest BCUT2D eigenvalue weighted by Gasteiger charge is 2.13. The highest BCUT2D eigenvalue weighted by Crippen LogP contribution is 2.22. The van der Waals surface area contributed by atoms with Gasteiger partial charge in [-0.15, -0.1) is 0 Å². The van der Waals surface area contributed by atoms with E-state index in [1.54, 1.807) is 16.7 Å². The first-order chi connectivity index (χ1) is 16.0. The number of rotatable bonds is 9. The van der Waals surface area contributed by atoms with Crippen LogP contribution in [0.3, 0.4) is 0 Å². The number of benzene rings is 2. The molecule has 4 aromatic rings. The molecular weight excluding hydrogens is 456 g/mol. The summed E-state index contributed by atoms with van der Waals surface area (Å²) in [5.74, 6) is 0.413. The molecule has 2 N–H and O–H groups in total. The van der Waals surface area contributed by atoms with Crippen molar-refractivity contribution in [3.8, 4) is 11.4 Å². The van der Waals surface area contributed by atoms with Gasteiger partial charge in [0.1, 0.15) is 6.54 Å². The summed E-state index contributed by atoms with van der Waals surface area (Å²) in [5.41, 5.74) is 2.73. The molecule has 1 amide bonds. The number of amides is 1. The molecule has 0 unspecified atom stereocenters. The monoisotopic (exact) mass is 482 g/mol. The van der Waals surface area contributed by atoms with E-state index >= 15 is 0 Å². The molecule has 0 radical (unpaired) electrons. The summed E-state index contributed by atoms with van der Waals surface area (Å²) < 4.78 is 4.31. The molecule has 0 saturated carbocycles. The van der Waals surface area contributed by atoms with Gasteiger partial charge < -0.3 is 14.8 Å². The highest BCUT2D eigenvalue weighted by atomic mass is 35.5. The second kappa shape index (κ2) is 10.3. The zero-order chi connectivity index (χ0) is 23.4. The lowest BCUT2D eigenvalue weighted by atomic mass is 10.2. The van der Waals surface area contributed by atoms with E-state index in [9.17, 15) is 4.79 Å². The van der Waals surface area contributed by atoms with E-state index in [4.69, 9.17) is 23.8 Å². The first-order valence-electron chi connectivity index (χ1n) is 11.0. The van der Waals surface area contributed by atoms with Crippen LogP contribution < -0.4 is 5.32 Å². The van der Waals surface area contributed by atoms with Crippen molar-refractivity contribution >= 4 is 46.3 Å². The topological polar surface area (TPSA) is 70.9 Å². The second-order valence-electron chi connectivity index (χ2n) is 7.80. The number of halogens is 1. The van der Waals surface area contributed by atoms with Gasteiger partial charge >= 0.3 is 0 Å². The van der Waals surface area contributed by atoms with Gasteiger partial charge in [0.15, 0.2) is 10.6 Å². The molecule has 33 heavy (non-hydrogen) atoms. The molecule has 2 aromatic heterocycles. The summed E-state index contributed by atoms with van der Waals surface area (Å²) in [6, 6.07) is 15.3. The number of H-pyrrole nitrogens is 1. The predicted octanol–water partition coefficient (Wildman–Crippen LogP) is 5.20. The number of nitrogens with one attached hydrogen (secondary N) is 2. The molecule has 0 aliphatic carbocycles. The van der Waals surface area contributed by atoms with Crippen LogP contribution in [0.25, 0.3) is 22.3 Å². The fourth-order valence-corrected chi connectivity index (χ4v) is 4.21. The molecule has 0 bridgehead atoms. The van der Waals surface area contributed by atoms with Crippen molar-refractivity contribution in [3.63, 3.8) is 0 Å². The lowest BCUT2D eigenvalue weighted by molar-refractivity contribution is -0.116. The molecule has 0 fully saturated rings. The van der Waals surface area contributed by atoms with Gasteiger partial charge in [0.05, 0.1) is 0 Å². The number of carbonyl (C=O) groups is 1. The van der Waals surface area contributed by atoms with Crippen LogP contribution in [0.5, 0.6) is 0 Å². The third kappa shape index (κ3) is 5.35. The van der Waals surface area contributed by atoms with Crippen LogP contribution in [0.2, 0.25) is 5.02 Å². The van der Waals surface area contributed by atoms with E-state index in [0.717, 1.165) is 48.3 Å². The first kappa shape index (κ1) is 23.2. The Kier molecular flexibility index (Phi) is 7.27. The Morgan fingerprint density at radius 3 is 2.64 bits per heavy atom. The fourth-order valence-electron chi connectivity index (χ4n) is 3.89. The zero-order valence-electron chi connectivity index (χ0n) is 18.7. The molecule has 0 aliphatic rings. The van der Waals surface area contributed by atoms with E-state index in [1.807, 2.05) is 24.3 Å². The lowest BCUT2D eigenvalue weighted by Crippen LogP contribution is -2.26. The van der Waals surface area contributed by atoms with Gasteiger partial charge in [0, 0.05) is 46.5 Å². The number of fused-ring (bicyclic) bond motifs is 1. The van der Waals surface area contributed by atoms with Crippen molar-refractivity contribution < 1.29 is 4.79 Å². The number of hydrogen-bond donors (Lipinski definition) is 2. The Morgan fingerprint density at radius 1 is 1.15 bits per heavy atom. The van der Waals surface area contributed by atoms with Gasteiger partial charge in [-0.25, -0.2) is 0 Å². The van der Waals surface area contributed by atoms with Gasteiger partial charge in [-0.3, -0.25) is 14.5 Å². The second-order valence-corrected chi connectivity index (χ2v) is 8.63. The van der Waals surface area contributed by atoms with Crippen molar-refractivity contribution in [2.75, 3.05) is 25.0 Å². The standard InChI is InChI=1S/C24H27ClN6OS/c1-3-29(4-2)13-14-30-12-11-18-15-20(9-10-21(18)30)26-22(32)16-31-23(27-28-24(31)33)17-5-7-19(25)8-6-17/h5-12,15H,3-4,13-14,16H2,1-2H3,(H,26,32)(H,28,33). The predicted molar refractivity (Wildman–Crippen MR) is 136 cm³/mol. The van der Waals surface area contributed by atoms with Crippen molar-refractivity contribution in [1.82, 2.24) is 24.2 Å². The number of anilines is 1. The molecular formula is C24H27ClN6OS. The zero-order valence-corrected chi connectivity index (χ0v) is 20.3. The van der Waals surface area contributed by atoms with E-state index in [0.29, 0.717) is 15.6 Å². The Balaban J connectivity index is 1.46. The molecule has 2 heterocycles. The number of nitrogens with zero attached hydrogens (tertiary/aromatic N) is 4. The number of likely N-dealkylation sites (N-methyl/N-ethyl adjacent to an activating group) is 1. The normalized spacial score (nSPS) is 11.4. The maximum atomic E-state index is 12.8. The largest absolute Gasteiger partial charge is 0.346 e. The Bertz CT molecular complexity index is 1300. The molecule has 2 aromatic carbocycles. The Morgan fingerprint density at radius 2 is 1.91 bits per heavy atom. The minimum Gasteiger partial charge on any atom is -0.346 e. The van der Waals surface area contributed by atoms with E-state index < -0.39 is 0 Å². The van der Waals surface area contributed by atoms with Crippen LogP contribution >= 0.6 is 23.8 Å². The van der Waals surface area contributed by atoms with Crippen molar-refractivity contribution in [1.29, 1.82) is 0 Å². The van der Waals surface area contributed by atoms with Crippen molar-refractivity contribution in [2.45, 2.75) is 26.9 Å². The SMILES string of the molecule is CCN(CC)CCn1ccc2cc(NC(=O)Cn3c(-c4ccc(Cl)cc4)n[nH]c3=S)ccc21. The fraction of sp³-hybridized carbons (Fsp3) is 0.292. The molecule has 0 saturated heterocycles.